The normalized spacial score (nSPS) is 15.7. The Morgan fingerprint density at radius 1 is 0.839 bits per heavy atom. The van der Waals surface area contributed by atoms with Crippen LogP contribution in [0.25, 0.3) is 0 Å². The zero-order valence-corrected chi connectivity index (χ0v) is 19.9. The van der Waals surface area contributed by atoms with Gasteiger partial charge in [-0.15, -0.1) is 0 Å². The molecule has 1 fully saturated rings. The minimum absolute atomic E-state index is 0.204. The van der Waals surface area contributed by atoms with Crippen molar-refractivity contribution >= 4 is 22.6 Å². The molecule has 0 atom stereocenters. The fraction of sp³-hybridized carbons (Fsp3) is 0.333. The summed E-state index contributed by atoms with van der Waals surface area (Å²) in [7, 11) is 0. The highest BCUT2D eigenvalue weighted by molar-refractivity contribution is 14.1. The zero-order valence-electron chi connectivity index (χ0n) is 17.8. The quantitative estimate of drug-likeness (QED) is 0.301. The molecule has 3 aromatic carbocycles. The average molecular weight is 527 g/mol. The Labute approximate surface area is 199 Å². The molecule has 0 saturated carbocycles. The maximum absolute atomic E-state index is 12.0. The molecule has 3 nitrogen and oxygen atoms in total. The third-order valence-corrected chi connectivity index (χ3v) is 7.21. The number of hydrogen-bond acceptors (Lipinski definition) is 3. The fourth-order valence-corrected chi connectivity index (χ4v) is 5.17. The number of piperidine rings is 1. The molecule has 0 aliphatic carbocycles. The number of halogens is 1. The van der Waals surface area contributed by atoms with Gasteiger partial charge in [-0.1, -0.05) is 72.8 Å². The van der Waals surface area contributed by atoms with Crippen molar-refractivity contribution in [2.45, 2.75) is 24.9 Å². The van der Waals surface area contributed by atoms with E-state index in [1.807, 2.05) is 54.6 Å². The fourth-order valence-electron chi connectivity index (χ4n) is 4.63. The Bertz CT molecular complexity index is 900. The lowest BCUT2D eigenvalue weighted by Crippen LogP contribution is -2.44. The molecule has 0 spiro atoms. The summed E-state index contributed by atoms with van der Waals surface area (Å²) in [5.41, 5.74) is 1.04. The number of aliphatic hydroxyl groups is 1. The Morgan fingerprint density at radius 3 is 1.97 bits per heavy atom. The Morgan fingerprint density at radius 2 is 1.39 bits per heavy atom. The van der Waals surface area contributed by atoms with Crippen LogP contribution in [0.4, 0.5) is 0 Å². The third kappa shape index (κ3) is 5.30. The second kappa shape index (κ2) is 10.6. The number of benzene rings is 3. The van der Waals surface area contributed by atoms with Crippen LogP contribution in [0.1, 0.15) is 30.4 Å². The summed E-state index contributed by atoms with van der Waals surface area (Å²) in [6.45, 7) is 3.79. The van der Waals surface area contributed by atoms with Crippen LogP contribution in [-0.4, -0.2) is 36.2 Å². The molecule has 162 valence electrons. The van der Waals surface area contributed by atoms with E-state index in [1.54, 1.807) is 0 Å². The van der Waals surface area contributed by atoms with Gasteiger partial charge in [0.25, 0.3) is 0 Å². The summed E-state index contributed by atoms with van der Waals surface area (Å²) in [6.07, 6.45) is 2.98. The van der Waals surface area contributed by atoms with E-state index < -0.39 is 5.60 Å². The summed E-state index contributed by atoms with van der Waals surface area (Å²) in [5, 5.41) is 12.0. The van der Waals surface area contributed by atoms with Crippen molar-refractivity contribution in [2.24, 2.45) is 5.92 Å². The van der Waals surface area contributed by atoms with E-state index in [1.165, 1.54) is 0 Å². The van der Waals surface area contributed by atoms with Crippen molar-refractivity contribution < 1.29 is 9.84 Å². The van der Waals surface area contributed by atoms with Gasteiger partial charge in [-0.25, -0.2) is 0 Å². The zero-order chi connectivity index (χ0) is 21.5. The maximum atomic E-state index is 12.0. The number of rotatable bonds is 8. The van der Waals surface area contributed by atoms with Crippen molar-refractivity contribution in [3.8, 4) is 5.75 Å². The van der Waals surface area contributed by atoms with Gasteiger partial charge in [-0.3, -0.25) is 0 Å². The smallest absolute Gasteiger partial charge is 0.132 e. The molecule has 0 bridgehead atoms. The second-order valence-electron chi connectivity index (χ2n) is 8.25. The molecule has 3 aromatic rings. The van der Waals surface area contributed by atoms with Crippen LogP contribution in [0.3, 0.4) is 0 Å². The summed E-state index contributed by atoms with van der Waals surface area (Å²) < 4.78 is 7.10. The molecule has 4 heteroatoms. The lowest BCUT2D eigenvalue weighted by Gasteiger charge is -2.42. The van der Waals surface area contributed by atoms with E-state index in [-0.39, 0.29) is 5.92 Å². The highest BCUT2D eigenvalue weighted by Gasteiger charge is 2.41. The average Bonchev–Trinajstić information content (AvgIpc) is 2.84. The van der Waals surface area contributed by atoms with E-state index in [0.717, 1.165) is 66.0 Å². The topological polar surface area (TPSA) is 32.7 Å². The first-order chi connectivity index (χ1) is 15.2. The highest BCUT2D eigenvalue weighted by Crippen LogP contribution is 2.41. The SMILES string of the molecule is OC(c1ccccc1)(c1ccccc1)C1CCN(CCCOc2ccccc2I)CC1. The third-order valence-electron chi connectivity index (χ3n) is 6.32. The molecule has 1 aliphatic heterocycles. The van der Waals surface area contributed by atoms with Gasteiger partial charge in [0.05, 0.1) is 10.2 Å². The van der Waals surface area contributed by atoms with Crippen molar-refractivity contribution in [1.82, 2.24) is 4.90 Å². The second-order valence-corrected chi connectivity index (χ2v) is 9.41. The van der Waals surface area contributed by atoms with Gasteiger partial charge in [0, 0.05) is 6.54 Å². The summed E-state index contributed by atoms with van der Waals surface area (Å²) >= 11 is 2.32. The van der Waals surface area contributed by atoms with Crippen LogP contribution < -0.4 is 4.74 Å². The molecule has 0 unspecified atom stereocenters. The van der Waals surface area contributed by atoms with Gasteiger partial charge in [-0.05, 0) is 84.1 Å². The molecule has 0 amide bonds. The Kier molecular flexibility index (Phi) is 7.64. The number of nitrogens with zero attached hydrogens (tertiary/aromatic N) is 1. The van der Waals surface area contributed by atoms with Crippen molar-refractivity contribution in [3.05, 3.63) is 99.6 Å². The highest BCUT2D eigenvalue weighted by atomic mass is 127. The Balaban J connectivity index is 1.35. The summed E-state index contributed by atoms with van der Waals surface area (Å²) in [4.78, 5) is 2.51. The molecule has 1 heterocycles. The summed E-state index contributed by atoms with van der Waals surface area (Å²) in [6, 6.07) is 28.5. The largest absolute Gasteiger partial charge is 0.492 e. The molecule has 0 radical (unpaired) electrons. The van der Waals surface area contributed by atoms with Crippen molar-refractivity contribution in [1.29, 1.82) is 0 Å². The molecule has 4 rings (SSSR count). The van der Waals surface area contributed by atoms with Crippen LogP contribution in [0.2, 0.25) is 0 Å². The minimum Gasteiger partial charge on any atom is -0.492 e. The number of hydrogen-bond donors (Lipinski definition) is 1. The van der Waals surface area contributed by atoms with Gasteiger partial charge in [0.1, 0.15) is 11.4 Å². The first-order valence-electron chi connectivity index (χ1n) is 11.1. The molecule has 0 aromatic heterocycles. The minimum atomic E-state index is -0.943. The predicted octanol–water partition coefficient (Wildman–Crippen LogP) is 5.71. The maximum Gasteiger partial charge on any atom is 0.132 e. The van der Waals surface area contributed by atoms with E-state index in [2.05, 4.69) is 57.8 Å². The first-order valence-corrected chi connectivity index (χ1v) is 12.2. The first kappa shape index (κ1) is 22.3. The molecule has 1 saturated heterocycles. The molecule has 1 aliphatic rings. The van der Waals surface area contributed by atoms with E-state index in [9.17, 15) is 5.11 Å². The van der Waals surface area contributed by atoms with Crippen LogP contribution >= 0.6 is 22.6 Å². The molecular weight excluding hydrogens is 497 g/mol. The predicted molar refractivity (Wildman–Crippen MR) is 134 cm³/mol. The monoisotopic (exact) mass is 527 g/mol. The Hall–Kier alpha value is -1.89. The van der Waals surface area contributed by atoms with Gasteiger partial charge < -0.3 is 14.7 Å². The van der Waals surface area contributed by atoms with Crippen LogP contribution in [0.15, 0.2) is 84.9 Å². The van der Waals surface area contributed by atoms with E-state index in [0.29, 0.717) is 0 Å². The molecule has 31 heavy (non-hydrogen) atoms. The van der Waals surface area contributed by atoms with E-state index >= 15 is 0 Å². The van der Waals surface area contributed by atoms with Gasteiger partial charge in [-0.2, -0.15) is 0 Å². The lowest BCUT2D eigenvalue weighted by atomic mass is 9.72. The van der Waals surface area contributed by atoms with Gasteiger partial charge >= 0.3 is 0 Å². The number of likely N-dealkylation sites (tertiary alicyclic amines) is 1. The lowest BCUT2D eigenvalue weighted by molar-refractivity contribution is -0.0146. The van der Waals surface area contributed by atoms with Gasteiger partial charge in [0.2, 0.25) is 0 Å². The standard InChI is InChI=1S/C27H30INO2/c28-25-14-7-8-15-26(25)31-21-9-18-29-19-16-24(17-20-29)27(30,22-10-3-1-4-11-22)23-12-5-2-6-13-23/h1-8,10-15,24,30H,9,16-21H2. The number of ether oxygens (including phenoxy) is 1. The number of para-hydroxylation sites is 1. The van der Waals surface area contributed by atoms with Crippen molar-refractivity contribution in [2.75, 3.05) is 26.2 Å². The summed E-state index contributed by atoms with van der Waals surface area (Å²) in [5.74, 6) is 1.17. The van der Waals surface area contributed by atoms with Crippen LogP contribution in [0, 0.1) is 9.49 Å². The van der Waals surface area contributed by atoms with E-state index in [4.69, 9.17) is 4.74 Å². The van der Waals surface area contributed by atoms with Crippen LogP contribution in [0.5, 0.6) is 5.75 Å². The molecule has 1 N–H and O–H groups in total. The van der Waals surface area contributed by atoms with Crippen LogP contribution in [-0.2, 0) is 5.60 Å². The molecular formula is C27H30INO2. The van der Waals surface area contributed by atoms with Gasteiger partial charge in [0.15, 0.2) is 0 Å². The van der Waals surface area contributed by atoms with Crippen molar-refractivity contribution in [3.63, 3.8) is 0 Å².